The van der Waals surface area contributed by atoms with E-state index in [1.165, 1.54) is 88.2 Å². The van der Waals surface area contributed by atoms with Crippen LogP contribution in [0.15, 0.2) is 36.9 Å². The molecule has 0 atom stereocenters. The standard InChI is InChI=1S/C22H36/c1-3-4-5-6-7-8-9-10-11-12-13-15-18-21(2)22-19-16-14-17-20-22/h14,16-17,19-20H,2-13,15,18H2,1H3. The average Bonchev–Trinajstić information content (AvgIpc) is 2.56. The van der Waals surface area contributed by atoms with Crippen molar-refractivity contribution in [3.05, 3.63) is 42.5 Å². The minimum atomic E-state index is 1.15. The molecule has 0 radical (unpaired) electrons. The van der Waals surface area contributed by atoms with Crippen molar-refractivity contribution in [2.75, 3.05) is 0 Å². The molecule has 0 nitrogen and oxygen atoms in total. The van der Waals surface area contributed by atoms with Gasteiger partial charge < -0.3 is 0 Å². The minimum absolute atomic E-state index is 1.15. The number of unbranched alkanes of at least 4 members (excludes halogenated alkanes) is 11. The lowest BCUT2D eigenvalue weighted by Gasteiger charge is -2.06. The number of rotatable bonds is 14. The van der Waals surface area contributed by atoms with Gasteiger partial charge in [0.2, 0.25) is 0 Å². The number of benzene rings is 1. The molecule has 0 aliphatic heterocycles. The van der Waals surface area contributed by atoms with Crippen LogP contribution in [0.25, 0.3) is 5.57 Å². The van der Waals surface area contributed by atoms with E-state index in [9.17, 15) is 0 Å². The van der Waals surface area contributed by atoms with Crippen molar-refractivity contribution >= 4 is 5.57 Å². The van der Waals surface area contributed by atoms with E-state index in [0.29, 0.717) is 0 Å². The third-order valence-corrected chi connectivity index (χ3v) is 4.51. The van der Waals surface area contributed by atoms with Gasteiger partial charge in [-0.05, 0) is 24.0 Å². The van der Waals surface area contributed by atoms with Crippen LogP contribution in [0, 0.1) is 0 Å². The zero-order valence-electron chi connectivity index (χ0n) is 14.8. The fourth-order valence-electron chi connectivity index (χ4n) is 3.00. The van der Waals surface area contributed by atoms with Gasteiger partial charge in [0.05, 0.1) is 0 Å². The Bertz CT molecular complexity index is 363. The van der Waals surface area contributed by atoms with Crippen LogP contribution in [0.5, 0.6) is 0 Å². The van der Waals surface area contributed by atoms with E-state index in [1.54, 1.807) is 0 Å². The summed E-state index contributed by atoms with van der Waals surface area (Å²) in [5, 5.41) is 0. The van der Waals surface area contributed by atoms with Gasteiger partial charge in [0.1, 0.15) is 0 Å². The lowest BCUT2D eigenvalue weighted by Crippen LogP contribution is -1.85. The maximum Gasteiger partial charge on any atom is -0.0230 e. The van der Waals surface area contributed by atoms with Gasteiger partial charge in [-0.25, -0.2) is 0 Å². The first-order valence-corrected chi connectivity index (χ1v) is 9.57. The van der Waals surface area contributed by atoms with Crippen molar-refractivity contribution in [1.82, 2.24) is 0 Å². The van der Waals surface area contributed by atoms with Gasteiger partial charge in [-0.1, -0.05) is 114 Å². The Morgan fingerprint density at radius 1 is 0.682 bits per heavy atom. The Morgan fingerprint density at radius 3 is 1.64 bits per heavy atom. The molecular formula is C22H36. The Balaban J connectivity index is 1.85. The number of hydrogen-bond acceptors (Lipinski definition) is 0. The first-order valence-electron chi connectivity index (χ1n) is 9.57. The molecule has 124 valence electrons. The predicted molar refractivity (Wildman–Crippen MR) is 101 cm³/mol. The molecule has 1 rings (SSSR count). The van der Waals surface area contributed by atoms with Crippen LogP contribution in [-0.2, 0) is 0 Å². The van der Waals surface area contributed by atoms with Gasteiger partial charge in [0, 0.05) is 0 Å². The summed E-state index contributed by atoms with van der Waals surface area (Å²) in [4.78, 5) is 0. The molecule has 0 heterocycles. The van der Waals surface area contributed by atoms with Crippen LogP contribution in [0.3, 0.4) is 0 Å². The lowest BCUT2D eigenvalue weighted by molar-refractivity contribution is 0.545. The van der Waals surface area contributed by atoms with Gasteiger partial charge in [-0.3, -0.25) is 0 Å². The van der Waals surface area contributed by atoms with Gasteiger partial charge in [0.25, 0.3) is 0 Å². The third kappa shape index (κ3) is 9.82. The van der Waals surface area contributed by atoms with Gasteiger partial charge >= 0.3 is 0 Å². The molecule has 1 aromatic rings. The van der Waals surface area contributed by atoms with E-state index in [0.717, 1.165) is 6.42 Å². The monoisotopic (exact) mass is 300 g/mol. The SMILES string of the molecule is C=C(CCCCCCCCCCCCCC)c1ccccc1. The first-order chi connectivity index (χ1) is 10.8. The van der Waals surface area contributed by atoms with Crippen LogP contribution in [0.4, 0.5) is 0 Å². The molecule has 0 saturated carbocycles. The van der Waals surface area contributed by atoms with Crippen molar-refractivity contribution in [2.45, 2.75) is 90.4 Å². The summed E-state index contributed by atoms with van der Waals surface area (Å²) in [5.41, 5.74) is 2.61. The second kappa shape index (κ2) is 13.6. The van der Waals surface area contributed by atoms with E-state index in [1.807, 2.05) is 0 Å². The highest BCUT2D eigenvalue weighted by Crippen LogP contribution is 2.19. The fourth-order valence-corrected chi connectivity index (χ4v) is 3.00. The summed E-state index contributed by atoms with van der Waals surface area (Å²) in [7, 11) is 0. The average molecular weight is 301 g/mol. The number of hydrogen-bond donors (Lipinski definition) is 0. The highest BCUT2D eigenvalue weighted by molar-refractivity contribution is 5.62. The van der Waals surface area contributed by atoms with Crippen molar-refractivity contribution in [2.24, 2.45) is 0 Å². The molecular weight excluding hydrogens is 264 g/mol. The molecule has 22 heavy (non-hydrogen) atoms. The van der Waals surface area contributed by atoms with E-state index in [2.05, 4.69) is 43.8 Å². The lowest BCUT2D eigenvalue weighted by atomic mass is 10.00. The summed E-state index contributed by atoms with van der Waals surface area (Å²) >= 11 is 0. The Labute approximate surface area is 139 Å². The van der Waals surface area contributed by atoms with Gasteiger partial charge in [-0.2, -0.15) is 0 Å². The third-order valence-electron chi connectivity index (χ3n) is 4.51. The molecule has 0 saturated heterocycles. The van der Waals surface area contributed by atoms with Crippen molar-refractivity contribution < 1.29 is 0 Å². The molecule has 0 aromatic heterocycles. The molecule has 1 aromatic carbocycles. The molecule has 0 aliphatic carbocycles. The van der Waals surface area contributed by atoms with Gasteiger partial charge in [0.15, 0.2) is 0 Å². The summed E-state index contributed by atoms with van der Waals surface area (Å²) in [5.74, 6) is 0. The molecule has 0 aliphatic rings. The van der Waals surface area contributed by atoms with Crippen molar-refractivity contribution in [3.8, 4) is 0 Å². The molecule has 0 bridgehead atoms. The molecule has 0 amide bonds. The zero-order chi connectivity index (χ0) is 15.9. The van der Waals surface area contributed by atoms with Crippen LogP contribution in [0.1, 0.15) is 96.0 Å². The van der Waals surface area contributed by atoms with E-state index < -0.39 is 0 Å². The first kappa shape index (κ1) is 19.0. The summed E-state index contributed by atoms with van der Waals surface area (Å²) in [6.45, 7) is 6.50. The Kier molecular flexibility index (Phi) is 11.8. The largest absolute Gasteiger partial charge is 0.0952 e. The number of allylic oxidation sites excluding steroid dienone is 1. The summed E-state index contributed by atoms with van der Waals surface area (Å²) in [6, 6.07) is 10.6. The molecule has 0 fully saturated rings. The van der Waals surface area contributed by atoms with Crippen LogP contribution < -0.4 is 0 Å². The minimum Gasteiger partial charge on any atom is -0.0952 e. The second-order valence-corrected chi connectivity index (χ2v) is 6.61. The highest BCUT2D eigenvalue weighted by Gasteiger charge is 1.98. The van der Waals surface area contributed by atoms with E-state index >= 15 is 0 Å². The highest BCUT2D eigenvalue weighted by atomic mass is 14.0. The van der Waals surface area contributed by atoms with E-state index in [-0.39, 0.29) is 0 Å². The maximum atomic E-state index is 4.21. The van der Waals surface area contributed by atoms with Crippen LogP contribution in [-0.4, -0.2) is 0 Å². The smallest absolute Gasteiger partial charge is 0.0230 e. The topological polar surface area (TPSA) is 0 Å². The van der Waals surface area contributed by atoms with Crippen LogP contribution >= 0.6 is 0 Å². The zero-order valence-corrected chi connectivity index (χ0v) is 14.8. The Morgan fingerprint density at radius 2 is 1.14 bits per heavy atom. The Hall–Kier alpha value is -1.04. The summed E-state index contributed by atoms with van der Waals surface area (Å²) < 4.78 is 0. The maximum absolute atomic E-state index is 4.21. The molecule has 0 heteroatoms. The van der Waals surface area contributed by atoms with Crippen molar-refractivity contribution in [3.63, 3.8) is 0 Å². The van der Waals surface area contributed by atoms with Gasteiger partial charge in [-0.15, -0.1) is 0 Å². The van der Waals surface area contributed by atoms with Crippen molar-refractivity contribution in [1.29, 1.82) is 0 Å². The normalized spacial score (nSPS) is 10.8. The quantitative estimate of drug-likeness (QED) is 0.307. The molecule has 0 unspecified atom stereocenters. The second-order valence-electron chi connectivity index (χ2n) is 6.61. The fraction of sp³-hybridized carbons (Fsp3) is 0.636. The molecule has 0 spiro atoms. The van der Waals surface area contributed by atoms with E-state index in [4.69, 9.17) is 0 Å². The summed E-state index contributed by atoms with van der Waals surface area (Å²) in [6.07, 6.45) is 18.1. The molecule has 0 N–H and O–H groups in total. The predicted octanol–water partition coefficient (Wildman–Crippen LogP) is 7.79. The van der Waals surface area contributed by atoms with Crippen LogP contribution in [0.2, 0.25) is 0 Å².